The summed E-state index contributed by atoms with van der Waals surface area (Å²) in [5.41, 5.74) is 0.529. The van der Waals surface area contributed by atoms with Crippen molar-refractivity contribution in [1.29, 1.82) is 0 Å². The molecule has 0 aromatic heterocycles. The van der Waals surface area contributed by atoms with Gasteiger partial charge in [0.1, 0.15) is 18.2 Å². The second-order valence-corrected chi connectivity index (χ2v) is 6.36. The van der Waals surface area contributed by atoms with Gasteiger partial charge in [0.15, 0.2) is 0 Å². The van der Waals surface area contributed by atoms with Crippen molar-refractivity contribution < 1.29 is 18.4 Å². The molecule has 7 heteroatoms. The zero-order chi connectivity index (χ0) is 18.1. The lowest BCUT2D eigenvalue weighted by atomic mass is 10.1. The highest BCUT2D eigenvalue weighted by molar-refractivity contribution is 6.30. The van der Waals surface area contributed by atoms with Crippen LogP contribution in [-0.2, 0) is 4.79 Å². The zero-order valence-corrected chi connectivity index (χ0v) is 14.1. The van der Waals surface area contributed by atoms with Crippen LogP contribution in [0, 0.1) is 11.6 Å². The van der Waals surface area contributed by atoms with E-state index < -0.39 is 17.5 Å². The monoisotopic (exact) mass is 364 g/mol. The van der Waals surface area contributed by atoms with Crippen molar-refractivity contribution in [3.63, 3.8) is 0 Å². The second-order valence-electron chi connectivity index (χ2n) is 5.92. The van der Waals surface area contributed by atoms with Gasteiger partial charge in [-0.1, -0.05) is 17.7 Å². The fraction of sp³-hybridized carbons (Fsp3) is 0.222. The summed E-state index contributed by atoms with van der Waals surface area (Å²) in [6, 6.07) is 9.18. The molecule has 0 aliphatic carbocycles. The molecule has 1 aliphatic heterocycles. The van der Waals surface area contributed by atoms with E-state index in [1.165, 1.54) is 4.90 Å². The molecule has 4 nitrogen and oxygen atoms in total. The van der Waals surface area contributed by atoms with Gasteiger partial charge in [-0.2, -0.15) is 0 Å². The minimum absolute atomic E-state index is 0.117. The van der Waals surface area contributed by atoms with Gasteiger partial charge < -0.3 is 9.80 Å². The third kappa shape index (κ3) is 3.64. The van der Waals surface area contributed by atoms with Crippen LogP contribution in [0.15, 0.2) is 42.5 Å². The van der Waals surface area contributed by atoms with Crippen LogP contribution in [0.4, 0.5) is 14.5 Å². The Bertz CT molecular complexity index is 823. The van der Waals surface area contributed by atoms with E-state index in [0.717, 1.165) is 12.1 Å². The highest BCUT2D eigenvalue weighted by atomic mass is 35.5. The first-order valence-corrected chi connectivity index (χ1v) is 8.06. The molecule has 1 fully saturated rings. The minimum Gasteiger partial charge on any atom is -0.325 e. The van der Waals surface area contributed by atoms with E-state index in [0.29, 0.717) is 16.8 Å². The third-order valence-corrected chi connectivity index (χ3v) is 4.31. The van der Waals surface area contributed by atoms with Gasteiger partial charge in [-0.05, 0) is 37.3 Å². The van der Waals surface area contributed by atoms with E-state index in [1.807, 2.05) is 0 Å². The number of carbonyl (C=O) groups excluding carboxylic acids is 2. The number of hydrogen-bond acceptors (Lipinski definition) is 2. The number of halogens is 3. The molecule has 3 rings (SSSR count). The Morgan fingerprint density at radius 2 is 1.84 bits per heavy atom. The number of amides is 2. The maximum absolute atomic E-state index is 13.4. The number of hydrogen-bond donors (Lipinski definition) is 0. The van der Waals surface area contributed by atoms with Crippen LogP contribution in [-0.4, -0.2) is 35.8 Å². The maximum atomic E-state index is 13.4. The lowest BCUT2D eigenvalue weighted by molar-refractivity contribution is -0.121. The molecule has 130 valence electrons. The van der Waals surface area contributed by atoms with Crippen LogP contribution in [0.3, 0.4) is 0 Å². The summed E-state index contributed by atoms with van der Waals surface area (Å²) in [4.78, 5) is 27.9. The predicted molar refractivity (Wildman–Crippen MR) is 90.7 cm³/mol. The summed E-state index contributed by atoms with van der Waals surface area (Å²) < 4.78 is 26.7. The molecular weight excluding hydrogens is 350 g/mol. The number of anilines is 1. The van der Waals surface area contributed by atoms with Crippen molar-refractivity contribution in [3.8, 4) is 0 Å². The Labute approximate surface area is 148 Å². The molecule has 1 saturated heterocycles. The molecule has 2 amide bonds. The normalized spacial score (nSPS) is 17.8. The Balaban J connectivity index is 1.82. The first kappa shape index (κ1) is 17.4. The predicted octanol–water partition coefficient (Wildman–Crippen LogP) is 3.50. The number of benzene rings is 2. The molecule has 2 aromatic rings. The van der Waals surface area contributed by atoms with E-state index in [2.05, 4.69) is 0 Å². The number of piperazine rings is 1. The summed E-state index contributed by atoms with van der Waals surface area (Å²) in [6.07, 6.45) is 0. The maximum Gasteiger partial charge on any atom is 0.254 e. The Hall–Kier alpha value is -2.47. The zero-order valence-electron chi connectivity index (χ0n) is 13.4. The van der Waals surface area contributed by atoms with E-state index in [1.54, 1.807) is 36.1 Å². The molecule has 1 aliphatic rings. The van der Waals surface area contributed by atoms with Gasteiger partial charge in [-0.15, -0.1) is 0 Å². The van der Waals surface area contributed by atoms with Gasteiger partial charge in [0.2, 0.25) is 5.91 Å². The lowest BCUT2D eigenvalue weighted by Gasteiger charge is -2.39. The fourth-order valence-electron chi connectivity index (χ4n) is 2.86. The smallest absolute Gasteiger partial charge is 0.254 e. The Morgan fingerprint density at radius 1 is 1.16 bits per heavy atom. The Kier molecular flexibility index (Phi) is 4.72. The molecule has 0 spiro atoms. The average molecular weight is 365 g/mol. The summed E-state index contributed by atoms with van der Waals surface area (Å²) in [6.45, 7) is 1.87. The second kappa shape index (κ2) is 6.80. The average Bonchev–Trinajstić information content (AvgIpc) is 2.55. The topological polar surface area (TPSA) is 40.6 Å². The van der Waals surface area contributed by atoms with Gasteiger partial charge >= 0.3 is 0 Å². The van der Waals surface area contributed by atoms with Gasteiger partial charge in [-0.25, -0.2) is 8.78 Å². The molecule has 25 heavy (non-hydrogen) atoms. The van der Waals surface area contributed by atoms with Crippen molar-refractivity contribution in [2.75, 3.05) is 18.0 Å². The van der Waals surface area contributed by atoms with E-state index >= 15 is 0 Å². The van der Waals surface area contributed by atoms with Crippen LogP contribution in [0.5, 0.6) is 0 Å². The number of rotatable bonds is 2. The quantitative estimate of drug-likeness (QED) is 0.818. The van der Waals surface area contributed by atoms with E-state index in [4.69, 9.17) is 11.6 Å². The first-order valence-electron chi connectivity index (χ1n) is 7.68. The molecular formula is C18H15ClF2N2O2. The first-order chi connectivity index (χ1) is 11.8. The standard InChI is InChI=1S/C18H15ClF2N2O2/c1-11-9-23(16-4-2-3-13(19)7-16)17(24)10-22(11)18(25)12-5-14(20)8-15(21)6-12/h2-8,11H,9-10H2,1H3. The van der Waals surface area contributed by atoms with Gasteiger partial charge in [0.25, 0.3) is 5.91 Å². The van der Waals surface area contributed by atoms with Crippen LogP contribution in [0.1, 0.15) is 17.3 Å². The van der Waals surface area contributed by atoms with Crippen molar-refractivity contribution in [2.24, 2.45) is 0 Å². The summed E-state index contributed by atoms with van der Waals surface area (Å²) in [5.74, 6) is -2.53. The SMILES string of the molecule is CC1CN(c2cccc(Cl)c2)C(=O)CN1C(=O)c1cc(F)cc(F)c1. The number of carbonyl (C=O) groups is 2. The van der Waals surface area contributed by atoms with E-state index in [-0.39, 0.29) is 30.6 Å². The molecule has 1 atom stereocenters. The molecule has 1 unspecified atom stereocenters. The van der Waals surface area contributed by atoms with Crippen LogP contribution < -0.4 is 4.90 Å². The highest BCUT2D eigenvalue weighted by Gasteiger charge is 2.34. The summed E-state index contributed by atoms with van der Waals surface area (Å²) >= 11 is 5.96. The lowest BCUT2D eigenvalue weighted by Crippen LogP contribution is -2.57. The molecule has 2 aromatic carbocycles. The van der Waals surface area contributed by atoms with Gasteiger partial charge in [-0.3, -0.25) is 9.59 Å². The molecule has 1 heterocycles. The van der Waals surface area contributed by atoms with Crippen molar-refractivity contribution >= 4 is 29.1 Å². The summed E-state index contributed by atoms with van der Waals surface area (Å²) in [7, 11) is 0. The molecule has 0 N–H and O–H groups in total. The van der Waals surface area contributed by atoms with Gasteiger partial charge in [0.05, 0.1) is 0 Å². The van der Waals surface area contributed by atoms with Crippen molar-refractivity contribution in [1.82, 2.24) is 4.90 Å². The van der Waals surface area contributed by atoms with Gasteiger partial charge in [0, 0.05) is 34.9 Å². The van der Waals surface area contributed by atoms with Crippen LogP contribution >= 0.6 is 11.6 Å². The third-order valence-electron chi connectivity index (χ3n) is 4.08. The minimum atomic E-state index is -0.833. The molecule has 0 bridgehead atoms. The van der Waals surface area contributed by atoms with Crippen LogP contribution in [0.2, 0.25) is 5.02 Å². The van der Waals surface area contributed by atoms with Crippen molar-refractivity contribution in [2.45, 2.75) is 13.0 Å². The van der Waals surface area contributed by atoms with Crippen molar-refractivity contribution in [3.05, 3.63) is 64.7 Å². The van der Waals surface area contributed by atoms with Crippen LogP contribution in [0.25, 0.3) is 0 Å². The van der Waals surface area contributed by atoms with E-state index in [9.17, 15) is 18.4 Å². The largest absolute Gasteiger partial charge is 0.325 e. The Morgan fingerprint density at radius 3 is 2.48 bits per heavy atom. The molecule has 0 radical (unpaired) electrons. The number of nitrogens with zero attached hydrogens (tertiary/aromatic N) is 2. The fourth-order valence-corrected chi connectivity index (χ4v) is 3.04. The summed E-state index contributed by atoms with van der Waals surface area (Å²) in [5, 5.41) is 0.506. The molecule has 0 saturated carbocycles. The highest BCUT2D eigenvalue weighted by Crippen LogP contribution is 2.24.